The number of nitrogens with one attached hydrogen (secondary N) is 2. The summed E-state index contributed by atoms with van der Waals surface area (Å²) in [5.41, 5.74) is 2.39. The van der Waals surface area contributed by atoms with Gasteiger partial charge in [0.1, 0.15) is 0 Å². The van der Waals surface area contributed by atoms with E-state index in [1.54, 1.807) is 6.07 Å². The zero-order chi connectivity index (χ0) is 18.4. The summed E-state index contributed by atoms with van der Waals surface area (Å²) in [5, 5.41) is 5.74. The van der Waals surface area contributed by atoms with Crippen molar-refractivity contribution < 1.29 is 13.6 Å². The second-order valence-corrected chi connectivity index (χ2v) is 5.71. The van der Waals surface area contributed by atoms with Crippen LogP contribution in [0.25, 0.3) is 0 Å². The third kappa shape index (κ3) is 4.63. The van der Waals surface area contributed by atoms with Crippen molar-refractivity contribution in [2.75, 3.05) is 11.9 Å². The van der Waals surface area contributed by atoms with Gasteiger partial charge in [0.15, 0.2) is 11.6 Å². The fourth-order valence-electron chi connectivity index (χ4n) is 2.44. The van der Waals surface area contributed by atoms with E-state index in [2.05, 4.69) is 15.6 Å². The lowest BCUT2D eigenvalue weighted by atomic mass is 10.1. The Balaban J connectivity index is 1.60. The van der Waals surface area contributed by atoms with Crippen LogP contribution in [0.5, 0.6) is 0 Å². The molecule has 0 saturated heterocycles. The van der Waals surface area contributed by atoms with Gasteiger partial charge in [-0.2, -0.15) is 0 Å². The number of hydrogen-bond acceptors (Lipinski definition) is 3. The molecule has 0 saturated carbocycles. The molecule has 4 nitrogen and oxygen atoms in total. The molecule has 1 aromatic heterocycles. The minimum Gasteiger partial charge on any atom is -0.354 e. The van der Waals surface area contributed by atoms with Gasteiger partial charge >= 0.3 is 0 Å². The van der Waals surface area contributed by atoms with E-state index in [9.17, 15) is 13.6 Å². The van der Waals surface area contributed by atoms with Crippen molar-refractivity contribution >= 4 is 17.3 Å². The fraction of sp³-hybridized carbons (Fsp3) is 0.100. The maximum Gasteiger partial charge on any atom is 0.252 e. The Morgan fingerprint density at radius 1 is 0.923 bits per heavy atom. The summed E-state index contributed by atoms with van der Waals surface area (Å²) >= 11 is 0. The van der Waals surface area contributed by atoms with Gasteiger partial charge in [0.25, 0.3) is 5.91 Å². The van der Waals surface area contributed by atoms with E-state index in [1.807, 2.05) is 30.3 Å². The van der Waals surface area contributed by atoms with Gasteiger partial charge < -0.3 is 10.6 Å². The minimum absolute atomic E-state index is 0.248. The monoisotopic (exact) mass is 353 g/mol. The van der Waals surface area contributed by atoms with Crippen molar-refractivity contribution in [1.29, 1.82) is 0 Å². The Hall–Kier alpha value is -3.28. The van der Waals surface area contributed by atoms with Crippen molar-refractivity contribution in [3.05, 3.63) is 89.8 Å². The molecule has 132 valence electrons. The molecule has 0 fully saturated rings. The number of carbonyl (C=O) groups excluding carboxylic acids is 1. The maximum absolute atomic E-state index is 13.3. The number of amides is 1. The first-order chi connectivity index (χ1) is 12.6. The summed E-state index contributed by atoms with van der Waals surface area (Å²) in [6.45, 7) is 0.504. The number of aromatic nitrogens is 1. The van der Waals surface area contributed by atoms with Gasteiger partial charge in [-0.3, -0.25) is 9.78 Å². The van der Waals surface area contributed by atoms with Crippen molar-refractivity contribution in [2.24, 2.45) is 0 Å². The Kier molecular flexibility index (Phi) is 5.53. The number of anilines is 2. The quantitative estimate of drug-likeness (QED) is 0.702. The Morgan fingerprint density at radius 3 is 2.50 bits per heavy atom. The van der Waals surface area contributed by atoms with Crippen LogP contribution in [0.4, 0.5) is 20.2 Å². The maximum atomic E-state index is 13.3. The van der Waals surface area contributed by atoms with Gasteiger partial charge in [-0.05, 0) is 30.2 Å². The van der Waals surface area contributed by atoms with Crippen LogP contribution >= 0.6 is 0 Å². The lowest BCUT2D eigenvalue weighted by Crippen LogP contribution is -2.25. The van der Waals surface area contributed by atoms with E-state index in [1.165, 1.54) is 18.5 Å². The van der Waals surface area contributed by atoms with Crippen molar-refractivity contribution in [3.8, 4) is 0 Å². The molecule has 1 amide bonds. The van der Waals surface area contributed by atoms with Crippen LogP contribution < -0.4 is 10.6 Å². The largest absolute Gasteiger partial charge is 0.354 e. The molecular weight excluding hydrogens is 336 g/mol. The zero-order valence-electron chi connectivity index (χ0n) is 13.9. The molecule has 0 atom stereocenters. The van der Waals surface area contributed by atoms with Crippen LogP contribution in [0.3, 0.4) is 0 Å². The standard InChI is InChI=1S/C20H17F2N3O/c21-18-7-6-16(11-19(18)22)25-17-10-15(12-23-13-17)20(26)24-9-8-14-4-2-1-3-5-14/h1-7,10-13,25H,8-9H2,(H,24,26). The van der Waals surface area contributed by atoms with Gasteiger partial charge in [-0.25, -0.2) is 8.78 Å². The van der Waals surface area contributed by atoms with Gasteiger partial charge in [0.2, 0.25) is 0 Å². The Bertz CT molecular complexity index is 901. The molecule has 0 spiro atoms. The highest BCUT2D eigenvalue weighted by molar-refractivity contribution is 5.94. The third-order valence-corrected chi connectivity index (χ3v) is 3.75. The van der Waals surface area contributed by atoms with Crippen molar-refractivity contribution in [3.63, 3.8) is 0 Å². The predicted molar refractivity (Wildman–Crippen MR) is 96.4 cm³/mol. The van der Waals surface area contributed by atoms with E-state index in [-0.39, 0.29) is 5.91 Å². The average molecular weight is 353 g/mol. The lowest BCUT2D eigenvalue weighted by Gasteiger charge is -2.09. The third-order valence-electron chi connectivity index (χ3n) is 3.75. The van der Waals surface area contributed by atoms with Crippen molar-refractivity contribution in [2.45, 2.75) is 6.42 Å². The van der Waals surface area contributed by atoms with E-state index in [4.69, 9.17) is 0 Å². The SMILES string of the molecule is O=C(NCCc1ccccc1)c1cncc(Nc2ccc(F)c(F)c2)c1. The number of benzene rings is 2. The highest BCUT2D eigenvalue weighted by atomic mass is 19.2. The molecule has 2 N–H and O–H groups in total. The first-order valence-corrected chi connectivity index (χ1v) is 8.11. The van der Waals surface area contributed by atoms with Crippen LogP contribution in [0.1, 0.15) is 15.9 Å². The minimum atomic E-state index is -0.947. The zero-order valence-corrected chi connectivity index (χ0v) is 13.9. The van der Waals surface area contributed by atoms with E-state index in [0.717, 1.165) is 24.1 Å². The molecule has 3 aromatic rings. The molecule has 0 unspecified atom stereocenters. The van der Waals surface area contributed by atoms with Gasteiger partial charge in [-0.15, -0.1) is 0 Å². The molecule has 2 aromatic carbocycles. The fourth-order valence-corrected chi connectivity index (χ4v) is 2.44. The van der Waals surface area contributed by atoms with Gasteiger partial charge in [0, 0.05) is 24.5 Å². The molecular formula is C20H17F2N3O. The predicted octanol–water partition coefficient (Wildman–Crippen LogP) is 4.08. The summed E-state index contributed by atoms with van der Waals surface area (Å²) in [4.78, 5) is 16.3. The second-order valence-electron chi connectivity index (χ2n) is 5.71. The molecule has 0 aliphatic rings. The number of carbonyl (C=O) groups is 1. The second kappa shape index (κ2) is 8.20. The summed E-state index contributed by atoms with van der Waals surface area (Å²) in [7, 11) is 0. The van der Waals surface area contributed by atoms with Crippen LogP contribution in [-0.2, 0) is 6.42 Å². The van der Waals surface area contributed by atoms with Crippen LogP contribution in [-0.4, -0.2) is 17.4 Å². The summed E-state index contributed by atoms with van der Waals surface area (Å²) in [6, 6.07) is 14.9. The van der Waals surface area contributed by atoms with Crippen LogP contribution in [0, 0.1) is 11.6 Å². The first kappa shape index (κ1) is 17.5. The van der Waals surface area contributed by atoms with E-state index in [0.29, 0.717) is 23.5 Å². The Morgan fingerprint density at radius 2 is 1.73 bits per heavy atom. The smallest absolute Gasteiger partial charge is 0.252 e. The van der Waals surface area contributed by atoms with Crippen LogP contribution in [0.2, 0.25) is 0 Å². The van der Waals surface area contributed by atoms with E-state index >= 15 is 0 Å². The normalized spacial score (nSPS) is 10.4. The molecule has 0 aliphatic heterocycles. The topological polar surface area (TPSA) is 54.0 Å². The highest BCUT2D eigenvalue weighted by Crippen LogP contribution is 2.19. The highest BCUT2D eigenvalue weighted by Gasteiger charge is 2.08. The van der Waals surface area contributed by atoms with Crippen LogP contribution in [0.15, 0.2) is 67.0 Å². The molecule has 0 radical (unpaired) electrons. The summed E-state index contributed by atoms with van der Waals surface area (Å²) in [5.74, 6) is -2.11. The molecule has 26 heavy (non-hydrogen) atoms. The molecule has 1 heterocycles. The van der Waals surface area contributed by atoms with Crippen molar-refractivity contribution in [1.82, 2.24) is 10.3 Å². The molecule has 6 heteroatoms. The summed E-state index contributed by atoms with van der Waals surface area (Å²) in [6.07, 6.45) is 3.68. The molecule has 0 aliphatic carbocycles. The summed E-state index contributed by atoms with van der Waals surface area (Å²) < 4.78 is 26.3. The average Bonchev–Trinajstić information content (AvgIpc) is 2.66. The number of halogens is 2. The number of pyridine rings is 1. The van der Waals surface area contributed by atoms with E-state index < -0.39 is 11.6 Å². The number of hydrogen-bond donors (Lipinski definition) is 2. The number of rotatable bonds is 6. The Labute approximate surface area is 149 Å². The number of nitrogens with zero attached hydrogens (tertiary/aromatic N) is 1. The molecule has 3 rings (SSSR count). The lowest BCUT2D eigenvalue weighted by molar-refractivity contribution is 0.0954. The molecule has 0 bridgehead atoms. The van der Waals surface area contributed by atoms with Gasteiger partial charge in [0.05, 0.1) is 17.4 Å². The first-order valence-electron chi connectivity index (χ1n) is 8.11. The van der Waals surface area contributed by atoms with Gasteiger partial charge in [-0.1, -0.05) is 30.3 Å².